The van der Waals surface area contributed by atoms with Gasteiger partial charge in [-0.25, -0.2) is 4.98 Å². The van der Waals surface area contributed by atoms with Gasteiger partial charge < -0.3 is 10.2 Å². The minimum Gasteiger partial charge on any atom is -0.369 e. The lowest BCUT2D eigenvalue weighted by molar-refractivity contribution is 0.102. The van der Waals surface area contributed by atoms with Crippen LogP contribution in [0.15, 0.2) is 66.9 Å². The Balaban J connectivity index is 1.68. The van der Waals surface area contributed by atoms with Gasteiger partial charge >= 0.3 is 0 Å². The number of amides is 1. The van der Waals surface area contributed by atoms with Gasteiger partial charge in [-0.15, -0.1) is 0 Å². The molecule has 0 aliphatic rings. The fourth-order valence-electron chi connectivity index (χ4n) is 2.77. The zero-order chi connectivity index (χ0) is 18.5. The third kappa shape index (κ3) is 4.09. The first kappa shape index (κ1) is 17.7. The van der Waals surface area contributed by atoms with Gasteiger partial charge in [0, 0.05) is 19.3 Å². The highest BCUT2D eigenvalue weighted by Crippen LogP contribution is 2.19. The first-order valence-electron chi connectivity index (χ1n) is 8.63. The average Bonchev–Trinajstić information content (AvgIpc) is 2.66. The number of carbonyl (C=O) groups is 1. The number of nitrogens with zero attached hydrogens (tertiary/aromatic N) is 2. The van der Waals surface area contributed by atoms with Crippen LogP contribution in [0.4, 0.5) is 11.4 Å². The van der Waals surface area contributed by atoms with Crippen molar-refractivity contribution < 1.29 is 4.79 Å². The Morgan fingerprint density at radius 3 is 2.46 bits per heavy atom. The standard InChI is InChI=1S/C22H23N3O/c1-16-8-7-11-20(17(16)2)24-22(26)21-13-12-19(14-23-21)25(3)15-18-9-5-4-6-10-18/h4-14H,15H2,1-3H3,(H,24,26). The molecule has 3 aromatic rings. The lowest BCUT2D eigenvalue weighted by atomic mass is 10.1. The number of aryl methyl sites for hydroxylation is 1. The van der Waals surface area contributed by atoms with E-state index in [9.17, 15) is 4.79 Å². The fourth-order valence-corrected chi connectivity index (χ4v) is 2.77. The van der Waals surface area contributed by atoms with Gasteiger partial charge in [0.15, 0.2) is 0 Å². The molecule has 132 valence electrons. The Morgan fingerprint density at radius 1 is 1.00 bits per heavy atom. The van der Waals surface area contributed by atoms with E-state index in [1.165, 1.54) is 5.56 Å². The first-order chi connectivity index (χ1) is 12.5. The molecular formula is C22H23N3O. The van der Waals surface area contributed by atoms with Crippen molar-refractivity contribution in [2.24, 2.45) is 0 Å². The van der Waals surface area contributed by atoms with E-state index in [0.29, 0.717) is 5.69 Å². The maximum atomic E-state index is 12.5. The summed E-state index contributed by atoms with van der Waals surface area (Å²) in [6.07, 6.45) is 1.74. The molecule has 0 unspecified atom stereocenters. The molecule has 0 saturated carbocycles. The molecule has 0 aliphatic heterocycles. The molecule has 0 saturated heterocycles. The Kier molecular flexibility index (Phi) is 5.32. The molecule has 0 spiro atoms. The zero-order valence-electron chi connectivity index (χ0n) is 15.4. The Labute approximate surface area is 154 Å². The molecule has 0 fully saturated rings. The monoisotopic (exact) mass is 345 g/mol. The van der Waals surface area contributed by atoms with Crippen LogP contribution in [0.2, 0.25) is 0 Å². The van der Waals surface area contributed by atoms with Crippen molar-refractivity contribution in [3.8, 4) is 0 Å². The predicted octanol–water partition coefficient (Wildman–Crippen LogP) is 4.59. The lowest BCUT2D eigenvalue weighted by Crippen LogP contribution is -2.18. The summed E-state index contributed by atoms with van der Waals surface area (Å²) in [6.45, 7) is 4.82. The number of anilines is 2. The van der Waals surface area contributed by atoms with Crippen molar-refractivity contribution in [2.45, 2.75) is 20.4 Å². The summed E-state index contributed by atoms with van der Waals surface area (Å²) < 4.78 is 0. The van der Waals surface area contributed by atoms with Gasteiger partial charge in [0.05, 0.1) is 11.9 Å². The van der Waals surface area contributed by atoms with Gasteiger partial charge in [-0.05, 0) is 48.7 Å². The van der Waals surface area contributed by atoms with Gasteiger partial charge in [0.2, 0.25) is 0 Å². The minimum absolute atomic E-state index is 0.198. The number of nitrogens with one attached hydrogen (secondary N) is 1. The summed E-state index contributed by atoms with van der Waals surface area (Å²) in [6, 6.07) is 19.8. The van der Waals surface area contributed by atoms with E-state index in [1.54, 1.807) is 12.3 Å². The highest BCUT2D eigenvalue weighted by molar-refractivity contribution is 6.03. The van der Waals surface area contributed by atoms with E-state index in [0.717, 1.165) is 29.0 Å². The Morgan fingerprint density at radius 2 is 1.77 bits per heavy atom. The molecule has 3 rings (SSSR count). The van der Waals surface area contributed by atoms with Crippen LogP contribution in [0.3, 0.4) is 0 Å². The highest BCUT2D eigenvalue weighted by atomic mass is 16.1. The average molecular weight is 345 g/mol. The number of hydrogen-bond acceptors (Lipinski definition) is 3. The van der Waals surface area contributed by atoms with Crippen molar-refractivity contribution in [1.29, 1.82) is 0 Å². The molecule has 1 aromatic heterocycles. The largest absolute Gasteiger partial charge is 0.369 e. The van der Waals surface area contributed by atoms with Gasteiger partial charge in [-0.3, -0.25) is 4.79 Å². The molecule has 26 heavy (non-hydrogen) atoms. The Hall–Kier alpha value is -3.14. The van der Waals surface area contributed by atoms with E-state index < -0.39 is 0 Å². The van der Waals surface area contributed by atoms with Gasteiger partial charge in [-0.2, -0.15) is 0 Å². The second-order valence-electron chi connectivity index (χ2n) is 6.44. The maximum absolute atomic E-state index is 12.5. The van der Waals surface area contributed by atoms with Crippen molar-refractivity contribution in [2.75, 3.05) is 17.3 Å². The molecule has 0 aliphatic carbocycles. The zero-order valence-corrected chi connectivity index (χ0v) is 15.4. The maximum Gasteiger partial charge on any atom is 0.274 e. The van der Waals surface area contributed by atoms with Crippen LogP contribution >= 0.6 is 0 Å². The highest BCUT2D eigenvalue weighted by Gasteiger charge is 2.11. The second-order valence-corrected chi connectivity index (χ2v) is 6.44. The molecule has 1 N–H and O–H groups in total. The van der Waals surface area contributed by atoms with E-state index in [2.05, 4.69) is 27.3 Å². The van der Waals surface area contributed by atoms with Crippen LogP contribution in [-0.2, 0) is 6.54 Å². The van der Waals surface area contributed by atoms with Crippen LogP contribution < -0.4 is 10.2 Å². The van der Waals surface area contributed by atoms with Crippen molar-refractivity contribution in [3.63, 3.8) is 0 Å². The van der Waals surface area contributed by atoms with E-state index in [-0.39, 0.29) is 5.91 Å². The molecule has 0 atom stereocenters. The molecule has 4 heteroatoms. The van der Waals surface area contributed by atoms with Crippen LogP contribution in [0.5, 0.6) is 0 Å². The molecule has 1 heterocycles. The van der Waals surface area contributed by atoms with Crippen molar-refractivity contribution in [1.82, 2.24) is 4.98 Å². The number of benzene rings is 2. The second kappa shape index (κ2) is 7.83. The van der Waals surface area contributed by atoms with E-state index in [4.69, 9.17) is 0 Å². The summed E-state index contributed by atoms with van der Waals surface area (Å²) in [7, 11) is 2.01. The molecule has 1 amide bonds. The summed E-state index contributed by atoms with van der Waals surface area (Å²) in [4.78, 5) is 18.9. The topological polar surface area (TPSA) is 45.2 Å². The quantitative estimate of drug-likeness (QED) is 0.736. The lowest BCUT2D eigenvalue weighted by Gasteiger charge is -2.19. The normalized spacial score (nSPS) is 10.4. The van der Waals surface area contributed by atoms with E-state index in [1.807, 2.05) is 63.4 Å². The molecular weight excluding hydrogens is 322 g/mol. The molecule has 2 aromatic carbocycles. The predicted molar refractivity (Wildman–Crippen MR) is 107 cm³/mol. The van der Waals surface area contributed by atoms with Gasteiger partial charge in [0.1, 0.15) is 5.69 Å². The van der Waals surface area contributed by atoms with Crippen LogP contribution in [0.25, 0.3) is 0 Å². The van der Waals surface area contributed by atoms with Crippen molar-refractivity contribution in [3.05, 3.63) is 89.2 Å². The molecule has 0 bridgehead atoms. The summed E-state index contributed by atoms with van der Waals surface area (Å²) in [5, 5.41) is 2.94. The van der Waals surface area contributed by atoms with Crippen LogP contribution in [-0.4, -0.2) is 17.9 Å². The third-order valence-corrected chi connectivity index (χ3v) is 4.54. The SMILES string of the molecule is Cc1cccc(NC(=O)c2ccc(N(C)Cc3ccccc3)cn2)c1C. The smallest absolute Gasteiger partial charge is 0.274 e. The fraction of sp³-hybridized carbons (Fsp3) is 0.182. The molecule has 0 radical (unpaired) electrons. The summed E-state index contributed by atoms with van der Waals surface area (Å²) >= 11 is 0. The Bertz CT molecular complexity index is 889. The number of hydrogen-bond donors (Lipinski definition) is 1. The summed E-state index contributed by atoms with van der Waals surface area (Å²) in [5.74, 6) is -0.198. The number of aromatic nitrogens is 1. The number of carbonyl (C=O) groups excluding carboxylic acids is 1. The summed E-state index contributed by atoms with van der Waals surface area (Å²) in [5.41, 5.74) is 5.64. The minimum atomic E-state index is -0.198. The van der Waals surface area contributed by atoms with Crippen LogP contribution in [0.1, 0.15) is 27.2 Å². The third-order valence-electron chi connectivity index (χ3n) is 4.54. The van der Waals surface area contributed by atoms with Crippen LogP contribution in [0, 0.1) is 13.8 Å². The van der Waals surface area contributed by atoms with E-state index >= 15 is 0 Å². The number of rotatable bonds is 5. The number of pyridine rings is 1. The first-order valence-corrected chi connectivity index (χ1v) is 8.63. The van der Waals surface area contributed by atoms with Crippen molar-refractivity contribution >= 4 is 17.3 Å². The molecule has 4 nitrogen and oxygen atoms in total. The van der Waals surface area contributed by atoms with Gasteiger partial charge in [-0.1, -0.05) is 42.5 Å². The van der Waals surface area contributed by atoms with Gasteiger partial charge in [0.25, 0.3) is 5.91 Å².